The Morgan fingerprint density at radius 2 is 1.89 bits per heavy atom. The van der Waals surface area contributed by atoms with Crippen LogP contribution >= 0.6 is 15.9 Å². The average Bonchev–Trinajstić information content (AvgIpc) is 3.17. The van der Waals surface area contributed by atoms with E-state index in [0.717, 1.165) is 18.9 Å². The summed E-state index contributed by atoms with van der Waals surface area (Å²) in [7, 11) is -2.67. The van der Waals surface area contributed by atoms with Crippen LogP contribution in [0.3, 0.4) is 0 Å². The van der Waals surface area contributed by atoms with Crippen LogP contribution in [0.5, 0.6) is 5.75 Å². The molecule has 144 valence electrons. The molecular weight excluding hydrogens is 439 g/mol. The largest absolute Gasteiger partial charge is 0.496 e. The summed E-state index contributed by atoms with van der Waals surface area (Å²) in [6, 6.07) is 8.01. The van der Waals surface area contributed by atoms with E-state index in [1.54, 1.807) is 4.90 Å². The molecule has 1 N–H and O–H groups in total. The van der Waals surface area contributed by atoms with Gasteiger partial charge in [0.05, 0.1) is 23.3 Å². The molecule has 3 rings (SSSR count). The van der Waals surface area contributed by atoms with E-state index in [-0.39, 0.29) is 22.1 Å². The van der Waals surface area contributed by atoms with Crippen molar-refractivity contribution in [1.29, 1.82) is 0 Å². The first-order valence-corrected chi connectivity index (χ1v) is 10.5. The number of carbonyl (C=O) groups is 1. The summed E-state index contributed by atoms with van der Waals surface area (Å²) in [6.07, 6.45) is 1.83. The summed E-state index contributed by atoms with van der Waals surface area (Å²) in [5.74, 6) is -0.702. The number of rotatable bonds is 5. The minimum Gasteiger partial charge on any atom is -0.496 e. The maximum Gasteiger partial charge on any atom is 0.262 e. The van der Waals surface area contributed by atoms with E-state index in [2.05, 4.69) is 20.7 Å². The third-order valence-electron chi connectivity index (χ3n) is 4.28. The maximum atomic E-state index is 14.0. The van der Waals surface area contributed by atoms with E-state index >= 15 is 0 Å². The van der Waals surface area contributed by atoms with Crippen LogP contribution in [-0.4, -0.2) is 39.4 Å². The second-order valence-corrected chi connectivity index (χ2v) is 8.69. The molecule has 2 aromatic rings. The summed E-state index contributed by atoms with van der Waals surface area (Å²) < 4.78 is 47.3. The summed E-state index contributed by atoms with van der Waals surface area (Å²) >= 11 is 3.12. The van der Waals surface area contributed by atoms with Crippen molar-refractivity contribution in [2.45, 2.75) is 17.7 Å². The van der Waals surface area contributed by atoms with Crippen molar-refractivity contribution >= 4 is 37.5 Å². The van der Waals surface area contributed by atoms with E-state index in [1.165, 1.54) is 37.4 Å². The molecule has 0 radical (unpaired) electrons. The topological polar surface area (TPSA) is 75.7 Å². The zero-order chi connectivity index (χ0) is 19.6. The molecule has 0 spiro atoms. The van der Waals surface area contributed by atoms with Gasteiger partial charge in [-0.05, 0) is 49.2 Å². The van der Waals surface area contributed by atoms with Crippen LogP contribution in [0.1, 0.15) is 23.2 Å². The first-order valence-electron chi connectivity index (χ1n) is 8.27. The van der Waals surface area contributed by atoms with Gasteiger partial charge in [-0.1, -0.05) is 15.9 Å². The van der Waals surface area contributed by atoms with Crippen molar-refractivity contribution in [3.63, 3.8) is 0 Å². The minimum atomic E-state index is -4.08. The molecule has 1 amide bonds. The molecule has 2 aromatic carbocycles. The Kier molecular flexibility index (Phi) is 5.71. The number of nitrogens with one attached hydrogen (secondary N) is 1. The third-order valence-corrected chi connectivity index (χ3v) is 6.14. The average molecular weight is 457 g/mol. The van der Waals surface area contributed by atoms with Crippen molar-refractivity contribution in [2.24, 2.45) is 0 Å². The molecule has 6 nitrogen and oxygen atoms in total. The van der Waals surface area contributed by atoms with Gasteiger partial charge in [0.15, 0.2) is 0 Å². The predicted octanol–water partition coefficient (Wildman–Crippen LogP) is 3.63. The highest BCUT2D eigenvalue weighted by atomic mass is 79.9. The van der Waals surface area contributed by atoms with Crippen molar-refractivity contribution in [3.8, 4) is 5.75 Å². The van der Waals surface area contributed by atoms with Gasteiger partial charge in [0.25, 0.3) is 15.9 Å². The van der Waals surface area contributed by atoms with E-state index in [9.17, 15) is 17.6 Å². The van der Waals surface area contributed by atoms with Crippen molar-refractivity contribution in [3.05, 3.63) is 52.3 Å². The van der Waals surface area contributed by atoms with Crippen molar-refractivity contribution in [2.75, 3.05) is 24.9 Å². The summed E-state index contributed by atoms with van der Waals surface area (Å²) in [5.41, 5.74) is -0.0139. The highest BCUT2D eigenvalue weighted by Gasteiger charge is 2.25. The standard InChI is InChI=1S/C18H18BrFN2O4S/c1-26-17-7-5-13(11-14(17)18(23)22-8-2-3-9-22)27(24,25)21-16-6-4-12(19)10-15(16)20/h4-7,10-11,21H,2-3,8-9H2,1H3. The molecule has 27 heavy (non-hydrogen) atoms. The van der Waals surface area contributed by atoms with E-state index < -0.39 is 15.8 Å². The Morgan fingerprint density at radius 1 is 1.19 bits per heavy atom. The first-order chi connectivity index (χ1) is 12.8. The molecule has 0 aliphatic carbocycles. The number of methoxy groups -OCH3 is 1. The SMILES string of the molecule is COc1ccc(S(=O)(=O)Nc2ccc(Br)cc2F)cc1C(=O)N1CCCC1. The number of nitrogens with zero attached hydrogens (tertiary/aromatic N) is 1. The first kappa shape index (κ1) is 19.6. The lowest BCUT2D eigenvalue weighted by Crippen LogP contribution is -2.28. The Morgan fingerprint density at radius 3 is 2.52 bits per heavy atom. The molecule has 0 saturated carbocycles. The number of likely N-dealkylation sites (tertiary alicyclic amines) is 1. The molecule has 0 aromatic heterocycles. The van der Waals surface area contributed by atoms with Gasteiger partial charge in [-0.3, -0.25) is 9.52 Å². The number of halogens is 2. The number of anilines is 1. The molecule has 1 aliphatic rings. The second kappa shape index (κ2) is 7.85. The van der Waals surface area contributed by atoms with Crippen molar-refractivity contribution in [1.82, 2.24) is 4.90 Å². The van der Waals surface area contributed by atoms with Gasteiger partial charge in [-0.25, -0.2) is 12.8 Å². The van der Waals surface area contributed by atoms with E-state index in [4.69, 9.17) is 4.74 Å². The molecule has 1 aliphatic heterocycles. The van der Waals surface area contributed by atoms with E-state index in [1.807, 2.05) is 0 Å². The number of sulfonamides is 1. The van der Waals surface area contributed by atoms with Gasteiger partial charge in [0.2, 0.25) is 0 Å². The Bertz CT molecular complexity index is 975. The van der Waals surface area contributed by atoms with Gasteiger partial charge in [0.1, 0.15) is 11.6 Å². The maximum absolute atomic E-state index is 14.0. The Balaban J connectivity index is 1.95. The van der Waals surface area contributed by atoms with E-state index in [0.29, 0.717) is 23.3 Å². The molecule has 9 heteroatoms. The number of benzene rings is 2. The molecule has 1 fully saturated rings. The van der Waals surface area contributed by atoms with Crippen LogP contribution in [0.15, 0.2) is 45.8 Å². The smallest absolute Gasteiger partial charge is 0.262 e. The number of amides is 1. The lowest BCUT2D eigenvalue weighted by atomic mass is 10.1. The lowest BCUT2D eigenvalue weighted by molar-refractivity contribution is 0.0789. The van der Waals surface area contributed by atoms with Gasteiger partial charge in [-0.2, -0.15) is 0 Å². The van der Waals surface area contributed by atoms with Gasteiger partial charge in [-0.15, -0.1) is 0 Å². The number of hydrogen-bond donors (Lipinski definition) is 1. The molecule has 1 heterocycles. The zero-order valence-electron chi connectivity index (χ0n) is 14.5. The Hall–Kier alpha value is -2.13. The number of carbonyl (C=O) groups excluding carboxylic acids is 1. The predicted molar refractivity (Wildman–Crippen MR) is 103 cm³/mol. The normalized spacial score (nSPS) is 14.3. The number of hydrogen-bond acceptors (Lipinski definition) is 4. The second-order valence-electron chi connectivity index (χ2n) is 6.09. The fraction of sp³-hybridized carbons (Fsp3) is 0.278. The van der Waals surface area contributed by atoms with Crippen LogP contribution in [0.4, 0.5) is 10.1 Å². The zero-order valence-corrected chi connectivity index (χ0v) is 16.9. The van der Waals surface area contributed by atoms with Crippen LogP contribution in [0.25, 0.3) is 0 Å². The molecular formula is C18H18BrFN2O4S. The highest BCUT2D eigenvalue weighted by Crippen LogP contribution is 2.27. The lowest BCUT2D eigenvalue weighted by Gasteiger charge is -2.18. The van der Waals surface area contributed by atoms with Gasteiger partial charge >= 0.3 is 0 Å². The minimum absolute atomic E-state index is 0.145. The van der Waals surface area contributed by atoms with Crippen LogP contribution in [0.2, 0.25) is 0 Å². The number of ether oxygens (including phenoxy) is 1. The van der Waals surface area contributed by atoms with Gasteiger partial charge in [0, 0.05) is 17.6 Å². The Labute approximate surface area is 165 Å². The monoisotopic (exact) mass is 456 g/mol. The molecule has 0 unspecified atom stereocenters. The molecule has 0 atom stereocenters. The highest BCUT2D eigenvalue weighted by molar-refractivity contribution is 9.10. The molecule has 0 bridgehead atoms. The summed E-state index contributed by atoms with van der Waals surface area (Å²) in [4.78, 5) is 14.2. The fourth-order valence-electron chi connectivity index (χ4n) is 2.89. The third kappa shape index (κ3) is 4.24. The van der Waals surface area contributed by atoms with Crippen LogP contribution < -0.4 is 9.46 Å². The van der Waals surface area contributed by atoms with Crippen molar-refractivity contribution < 1.29 is 22.3 Å². The molecule has 1 saturated heterocycles. The van der Waals surface area contributed by atoms with Crippen LogP contribution in [0, 0.1) is 5.82 Å². The van der Waals surface area contributed by atoms with Gasteiger partial charge < -0.3 is 9.64 Å². The van der Waals surface area contributed by atoms with Crippen LogP contribution in [-0.2, 0) is 10.0 Å². The summed E-state index contributed by atoms with van der Waals surface area (Å²) in [6.45, 7) is 1.25. The summed E-state index contributed by atoms with van der Waals surface area (Å²) in [5, 5.41) is 0. The fourth-order valence-corrected chi connectivity index (χ4v) is 4.31. The quantitative estimate of drug-likeness (QED) is 0.744.